The van der Waals surface area contributed by atoms with E-state index in [0.717, 1.165) is 80.5 Å². The second kappa shape index (κ2) is 19.1. The van der Waals surface area contributed by atoms with Crippen LogP contribution < -0.4 is 26.0 Å². The first-order valence-electron chi connectivity index (χ1n) is 27.9. The number of aromatic nitrogens is 2. The molecule has 0 spiro atoms. The van der Waals surface area contributed by atoms with Gasteiger partial charge in [0.2, 0.25) is 0 Å². The van der Waals surface area contributed by atoms with Gasteiger partial charge in [-0.2, -0.15) is 0 Å². The molecular weight excluding hydrogens is 946 g/mol. The van der Waals surface area contributed by atoms with Crippen molar-refractivity contribution in [1.82, 2.24) is 9.13 Å². The van der Waals surface area contributed by atoms with Crippen LogP contribution in [0.2, 0.25) is 0 Å². The first kappa shape index (κ1) is 46.0. The fourth-order valence-electron chi connectivity index (χ4n) is 13.1. The number of anilines is 3. The van der Waals surface area contributed by atoms with E-state index < -0.39 is 0 Å². The number of hydrogen-bond donors (Lipinski definition) is 0. The first-order valence-corrected chi connectivity index (χ1v) is 27.9. The molecule has 372 valence electrons. The van der Waals surface area contributed by atoms with Crippen LogP contribution >= 0.6 is 0 Å². The number of ether oxygens (including phenoxy) is 1. The Labute approximate surface area is 456 Å². The summed E-state index contributed by atoms with van der Waals surface area (Å²) in [7, 11) is 0. The van der Waals surface area contributed by atoms with Crippen LogP contribution in [0.25, 0.3) is 88.4 Å². The summed E-state index contributed by atoms with van der Waals surface area (Å²) < 4.78 is 12.4. The predicted octanol–water partition coefficient (Wildman–Crippen LogP) is 17.8. The molecule has 0 radical (unpaired) electrons. The van der Waals surface area contributed by atoms with Crippen LogP contribution in [0.4, 0.5) is 17.1 Å². The molecule has 15 rings (SSSR count). The summed E-state index contributed by atoms with van der Waals surface area (Å²) in [6, 6.07) is 92.3. The molecule has 0 aliphatic carbocycles. The normalized spacial score (nSPS) is 12.5. The molecule has 2 aromatic heterocycles. The van der Waals surface area contributed by atoms with Crippen LogP contribution in [0.1, 0.15) is 44.6 Å². The number of benzene rings is 11. The fraction of sp³-hybridized carbons (Fsp3) is 0.0959. The summed E-state index contributed by atoms with van der Waals surface area (Å²) in [6.45, 7) is 2.18. The van der Waals surface area contributed by atoms with E-state index in [2.05, 4.69) is 270 Å². The molecule has 5 heteroatoms. The van der Waals surface area contributed by atoms with Crippen molar-refractivity contribution in [3.63, 3.8) is 0 Å². The van der Waals surface area contributed by atoms with Gasteiger partial charge in [0.05, 0.1) is 27.8 Å². The Morgan fingerprint density at radius 3 is 1.38 bits per heavy atom. The molecule has 4 nitrogen and oxygen atoms in total. The van der Waals surface area contributed by atoms with E-state index in [1.807, 2.05) is 0 Å². The minimum Gasteiger partial charge on any atom is -0.458 e. The van der Waals surface area contributed by atoms with Crippen molar-refractivity contribution in [3.8, 4) is 56.3 Å². The number of nitrogens with zero attached hydrogens (tertiary/aromatic N) is 3. The van der Waals surface area contributed by atoms with Gasteiger partial charge in [0.25, 0.3) is 6.71 Å². The van der Waals surface area contributed by atoms with Gasteiger partial charge < -0.3 is 18.8 Å². The topological polar surface area (TPSA) is 22.3 Å². The van der Waals surface area contributed by atoms with E-state index in [9.17, 15) is 0 Å². The monoisotopic (exact) mass is 1000 g/mol. The summed E-state index contributed by atoms with van der Waals surface area (Å²) in [5, 5.41) is 4.97. The van der Waals surface area contributed by atoms with Crippen LogP contribution in [0.15, 0.2) is 249 Å². The van der Waals surface area contributed by atoms with Gasteiger partial charge in [0.1, 0.15) is 11.5 Å². The highest BCUT2D eigenvalue weighted by Gasteiger charge is 2.43. The Hall–Kier alpha value is -9.32. The van der Waals surface area contributed by atoms with Crippen LogP contribution in [-0.2, 0) is 6.42 Å². The van der Waals surface area contributed by atoms with Gasteiger partial charge >= 0.3 is 0 Å². The molecular formula is C73H56BN3O. The summed E-state index contributed by atoms with van der Waals surface area (Å²) in [5.41, 5.74) is 22.3. The van der Waals surface area contributed by atoms with Crippen molar-refractivity contribution in [2.45, 2.75) is 45.4 Å². The van der Waals surface area contributed by atoms with Gasteiger partial charge in [-0.15, -0.1) is 0 Å². The zero-order valence-corrected chi connectivity index (χ0v) is 43.7. The van der Waals surface area contributed by atoms with Crippen molar-refractivity contribution < 1.29 is 4.74 Å². The third-order valence-corrected chi connectivity index (χ3v) is 16.7. The smallest absolute Gasteiger partial charge is 0.256 e. The first-order chi connectivity index (χ1) is 38.7. The lowest BCUT2D eigenvalue weighted by Gasteiger charge is -2.42. The predicted molar refractivity (Wildman–Crippen MR) is 330 cm³/mol. The molecule has 4 heterocycles. The highest BCUT2D eigenvalue weighted by Crippen LogP contribution is 2.51. The SMILES string of the molecule is CCCCCCCc1cc2c3c(c1)N(c1c(-c4ccccc4)cc(-c4ccccc4)cc1-c1ccccc1)c1cc(-n4c5ccccc5c5ccccc54)ccc1B3c1ccc(-n3c4ccccc4c4ccccc43)cc1O2. The quantitative estimate of drug-likeness (QED) is 0.0899. The Morgan fingerprint density at radius 2 is 0.846 bits per heavy atom. The van der Waals surface area contributed by atoms with Crippen molar-refractivity contribution in [3.05, 3.63) is 254 Å². The molecule has 0 N–H and O–H groups in total. The van der Waals surface area contributed by atoms with Crippen molar-refractivity contribution >= 4 is 83.8 Å². The molecule has 0 unspecified atom stereocenters. The van der Waals surface area contributed by atoms with Gasteiger partial charge in [-0.25, -0.2) is 0 Å². The van der Waals surface area contributed by atoms with Crippen molar-refractivity contribution in [2.24, 2.45) is 0 Å². The maximum atomic E-state index is 7.51. The van der Waals surface area contributed by atoms with E-state index >= 15 is 0 Å². The van der Waals surface area contributed by atoms with E-state index in [1.165, 1.54) is 96.9 Å². The van der Waals surface area contributed by atoms with Crippen LogP contribution in [0.5, 0.6) is 11.5 Å². The lowest BCUT2D eigenvalue weighted by Crippen LogP contribution is -2.59. The Kier molecular flexibility index (Phi) is 11.2. The molecule has 13 aromatic rings. The molecule has 11 aromatic carbocycles. The van der Waals surface area contributed by atoms with E-state index in [0.29, 0.717) is 0 Å². The summed E-state index contributed by atoms with van der Waals surface area (Å²) in [4.78, 5) is 2.64. The zero-order chi connectivity index (χ0) is 51.7. The number of aryl methyl sites for hydroxylation is 1. The maximum Gasteiger partial charge on any atom is 0.256 e. The highest BCUT2D eigenvalue weighted by atomic mass is 16.5. The maximum absolute atomic E-state index is 7.51. The Balaban J connectivity index is 1.04. The van der Waals surface area contributed by atoms with Crippen molar-refractivity contribution in [2.75, 3.05) is 4.90 Å². The number of fused-ring (bicyclic) bond motifs is 10. The number of rotatable bonds is 12. The van der Waals surface area contributed by atoms with Crippen LogP contribution in [-0.4, -0.2) is 15.8 Å². The number of para-hydroxylation sites is 4. The number of hydrogen-bond acceptors (Lipinski definition) is 2. The minimum atomic E-state index is -0.119. The van der Waals surface area contributed by atoms with Gasteiger partial charge in [0, 0.05) is 61.5 Å². The third kappa shape index (κ3) is 7.51. The second-order valence-electron chi connectivity index (χ2n) is 21.3. The van der Waals surface area contributed by atoms with E-state index in [1.54, 1.807) is 0 Å². The molecule has 0 fully saturated rings. The van der Waals surface area contributed by atoms with Crippen LogP contribution in [0, 0.1) is 0 Å². The molecule has 0 atom stereocenters. The molecule has 0 bridgehead atoms. The van der Waals surface area contributed by atoms with Gasteiger partial charge in [-0.05, 0) is 124 Å². The molecule has 2 aliphatic rings. The Bertz CT molecular complexity index is 4270. The average Bonchev–Trinajstić information content (AvgIpc) is 3.75. The molecule has 0 saturated heterocycles. The van der Waals surface area contributed by atoms with E-state index in [-0.39, 0.29) is 6.71 Å². The second-order valence-corrected chi connectivity index (χ2v) is 21.3. The molecule has 78 heavy (non-hydrogen) atoms. The Morgan fingerprint density at radius 1 is 0.372 bits per heavy atom. The summed E-state index contributed by atoms with van der Waals surface area (Å²) >= 11 is 0. The van der Waals surface area contributed by atoms with Crippen molar-refractivity contribution in [1.29, 1.82) is 0 Å². The molecule has 0 saturated carbocycles. The summed E-state index contributed by atoms with van der Waals surface area (Å²) in [5.74, 6) is 1.82. The van der Waals surface area contributed by atoms with Gasteiger partial charge in [-0.3, -0.25) is 0 Å². The lowest BCUT2D eigenvalue weighted by atomic mass is 9.34. The lowest BCUT2D eigenvalue weighted by molar-refractivity contribution is 0.486. The molecule has 2 aliphatic heterocycles. The largest absolute Gasteiger partial charge is 0.458 e. The fourth-order valence-corrected chi connectivity index (χ4v) is 13.1. The standard InChI is InChI=1S/C73H56BN3O/c1-2-3-4-5-9-24-49-43-69-72-71(44-49)78-70-48-55(76-66-37-22-18-33-58(66)59-34-19-23-38-67(59)76)40-42-63(70)74(72)62-41-39-54(75-64-35-20-16-31-56(64)57-32-17-21-36-65(57)75)47-68(62)77(69)73-60(51-27-12-7-13-28-51)45-53(50-25-10-6-11-26-50)46-61(73)52-29-14-8-15-30-52/h6-8,10-23,25-48H,2-5,9,24H2,1H3. The minimum absolute atomic E-state index is 0.119. The van der Waals surface area contributed by atoms with E-state index in [4.69, 9.17) is 4.74 Å². The highest BCUT2D eigenvalue weighted by molar-refractivity contribution is 6.99. The average molecular weight is 1000 g/mol. The van der Waals surface area contributed by atoms with Gasteiger partial charge in [-0.1, -0.05) is 209 Å². The number of unbranched alkanes of at least 4 members (excludes halogenated alkanes) is 4. The van der Waals surface area contributed by atoms with Gasteiger partial charge in [0.15, 0.2) is 0 Å². The zero-order valence-electron chi connectivity index (χ0n) is 43.7. The molecule has 0 amide bonds. The summed E-state index contributed by atoms with van der Waals surface area (Å²) in [6.07, 6.45) is 6.98. The van der Waals surface area contributed by atoms with Crippen LogP contribution in [0.3, 0.4) is 0 Å². The third-order valence-electron chi connectivity index (χ3n) is 16.7.